The van der Waals surface area contributed by atoms with Gasteiger partial charge in [-0.2, -0.15) is 0 Å². The number of hydrogen-bond acceptors (Lipinski definition) is 2. The van der Waals surface area contributed by atoms with Gasteiger partial charge in [0.25, 0.3) is 0 Å². The van der Waals surface area contributed by atoms with Crippen LogP contribution in [-0.4, -0.2) is 12.6 Å². The summed E-state index contributed by atoms with van der Waals surface area (Å²) in [6, 6.07) is 5.99. The third-order valence-corrected chi connectivity index (χ3v) is 3.35. The molecule has 0 aliphatic carbocycles. The number of halogens is 2. The first-order chi connectivity index (χ1) is 7.54. The molecule has 0 amide bonds. The first kappa shape index (κ1) is 13.8. The van der Waals surface area contributed by atoms with E-state index in [2.05, 4.69) is 19.2 Å². The molecule has 0 saturated heterocycles. The highest BCUT2D eigenvalue weighted by Crippen LogP contribution is 2.22. The number of hydrogen-bond donors (Lipinski definition) is 2. The van der Waals surface area contributed by atoms with Crippen molar-refractivity contribution in [2.24, 2.45) is 11.7 Å². The molecule has 0 fully saturated rings. The van der Waals surface area contributed by atoms with Crippen LogP contribution in [0.15, 0.2) is 18.2 Å². The van der Waals surface area contributed by atoms with Crippen LogP contribution in [0.5, 0.6) is 0 Å². The van der Waals surface area contributed by atoms with Crippen molar-refractivity contribution in [1.29, 1.82) is 0 Å². The van der Waals surface area contributed by atoms with Crippen LogP contribution in [0.4, 0.5) is 0 Å². The summed E-state index contributed by atoms with van der Waals surface area (Å²) in [5.74, 6) is 0.521. The Morgan fingerprint density at radius 1 is 1.25 bits per heavy atom. The summed E-state index contributed by atoms with van der Waals surface area (Å²) in [6.07, 6.45) is 0. The summed E-state index contributed by atoms with van der Waals surface area (Å²) >= 11 is 11.8. The lowest BCUT2D eigenvalue weighted by Gasteiger charge is -2.20. The van der Waals surface area contributed by atoms with Crippen LogP contribution >= 0.6 is 23.2 Å². The third-order valence-electron chi connectivity index (χ3n) is 2.61. The third kappa shape index (κ3) is 3.95. The predicted molar refractivity (Wildman–Crippen MR) is 71.0 cm³/mol. The molecule has 1 aromatic rings. The van der Waals surface area contributed by atoms with Crippen molar-refractivity contribution in [2.75, 3.05) is 6.54 Å². The maximum absolute atomic E-state index is 5.94. The normalized spacial score (nSPS) is 13.1. The fourth-order valence-corrected chi connectivity index (χ4v) is 1.81. The maximum Gasteiger partial charge on any atom is 0.0595 e. The zero-order valence-corrected chi connectivity index (χ0v) is 11.1. The summed E-state index contributed by atoms with van der Waals surface area (Å²) in [5, 5.41) is 4.59. The van der Waals surface area contributed by atoms with Gasteiger partial charge in [-0.3, -0.25) is 0 Å². The maximum atomic E-state index is 5.94. The lowest BCUT2D eigenvalue weighted by molar-refractivity contribution is 0.405. The number of benzene rings is 1. The van der Waals surface area contributed by atoms with Crippen LogP contribution < -0.4 is 11.1 Å². The Kier molecular flexibility index (Phi) is 5.56. The van der Waals surface area contributed by atoms with E-state index in [0.29, 0.717) is 28.5 Å². The molecule has 0 spiro atoms. The molecule has 2 nitrogen and oxygen atoms in total. The lowest BCUT2D eigenvalue weighted by atomic mass is 10.0. The quantitative estimate of drug-likeness (QED) is 0.854. The first-order valence-corrected chi connectivity index (χ1v) is 6.17. The van der Waals surface area contributed by atoms with E-state index in [1.54, 1.807) is 0 Å². The van der Waals surface area contributed by atoms with Gasteiger partial charge in [-0.25, -0.2) is 0 Å². The summed E-state index contributed by atoms with van der Waals surface area (Å²) < 4.78 is 0. The predicted octanol–water partition coefficient (Wildman–Crippen LogP) is 3.07. The van der Waals surface area contributed by atoms with Crippen molar-refractivity contribution in [3.63, 3.8) is 0 Å². The highest BCUT2D eigenvalue weighted by atomic mass is 35.5. The number of nitrogens with one attached hydrogen (secondary N) is 1. The van der Waals surface area contributed by atoms with Gasteiger partial charge in [0.05, 0.1) is 10.0 Å². The van der Waals surface area contributed by atoms with Crippen LogP contribution in [0.1, 0.15) is 19.4 Å². The molecule has 16 heavy (non-hydrogen) atoms. The minimum atomic E-state index is 0.328. The zero-order valence-electron chi connectivity index (χ0n) is 9.63. The zero-order chi connectivity index (χ0) is 12.1. The largest absolute Gasteiger partial charge is 0.329 e. The molecule has 1 rings (SSSR count). The van der Waals surface area contributed by atoms with Gasteiger partial charge in [-0.15, -0.1) is 0 Å². The molecule has 4 heteroatoms. The Balaban J connectivity index is 2.57. The Hall–Kier alpha value is -0.280. The molecule has 0 bridgehead atoms. The van der Waals surface area contributed by atoms with Gasteiger partial charge in [-0.05, 0) is 23.6 Å². The van der Waals surface area contributed by atoms with E-state index in [4.69, 9.17) is 28.9 Å². The van der Waals surface area contributed by atoms with Crippen molar-refractivity contribution in [2.45, 2.75) is 26.4 Å². The molecule has 0 radical (unpaired) electrons. The average molecular weight is 261 g/mol. The van der Waals surface area contributed by atoms with Gasteiger partial charge >= 0.3 is 0 Å². The van der Waals surface area contributed by atoms with E-state index in [0.717, 1.165) is 12.1 Å². The van der Waals surface area contributed by atoms with E-state index in [1.165, 1.54) is 0 Å². The van der Waals surface area contributed by atoms with E-state index in [-0.39, 0.29) is 0 Å². The summed E-state index contributed by atoms with van der Waals surface area (Å²) in [7, 11) is 0. The second kappa shape index (κ2) is 6.45. The topological polar surface area (TPSA) is 38.0 Å². The highest BCUT2D eigenvalue weighted by molar-refractivity contribution is 6.42. The standard InChI is InChI=1S/C12H18Cl2N2/c1-8(2)12(6-15)16-7-9-3-4-10(13)11(14)5-9/h3-5,8,12,16H,6-7,15H2,1-2H3. The van der Waals surface area contributed by atoms with Crippen LogP contribution in [0.25, 0.3) is 0 Å². The van der Waals surface area contributed by atoms with Gasteiger partial charge in [0.1, 0.15) is 0 Å². The van der Waals surface area contributed by atoms with Gasteiger partial charge in [0, 0.05) is 19.1 Å². The van der Waals surface area contributed by atoms with Crippen LogP contribution in [-0.2, 0) is 6.54 Å². The van der Waals surface area contributed by atoms with Crippen molar-refractivity contribution < 1.29 is 0 Å². The second-order valence-electron chi connectivity index (χ2n) is 4.22. The average Bonchev–Trinajstić information content (AvgIpc) is 2.23. The van der Waals surface area contributed by atoms with E-state index >= 15 is 0 Å². The fraction of sp³-hybridized carbons (Fsp3) is 0.500. The first-order valence-electron chi connectivity index (χ1n) is 5.42. The molecule has 0 saturated carbocycles. The van der Waals surface area contributed by atoms with Gasteiger partial charge < -0.3 is 11.1 Å². The molecule has 0 aromatic heterocycles. The molecule has 0 heterocycles. The Labute approximate surface area is 107 Å². The SMILES string of the molecule is CC(C)C(CN)NCc1ccc(Cl)c(Cl)c1. The molecule has 90 valence electrons. The monoisotopic (exact) mass is 260 g/mol. The van der Waals surface area contributed by atoms with Gasteiger partial charge in [0.2, 0.25) is 0 Å². The molecule has 1 unspecified atom stereocenters. The van der Waals surface area contributed by atoms with Crippen molar-refractivity contribution in [3.8, 4) is 0 Å². The molecule has 1 aromatic carbocycles. The lowest BCUT2D eigenvalue weighted by Crippen LogP contribution is -2.39. The molecule has 0 aliphatic heterocycles. The highest BCUT2D eigenvalue weighted by Gasteiger charge is 2.10. The van der Waals surface area contributed by atoms with E-state index in [1.807, 2.05) is 18.2 Å². The minimum Gasteiger partial charge on any atom is -0.329 e. The molecular formula is C12H18Cl2N2. The van der Waals surface area contributed by atoms with E-state index < -0.39 is 0 Å². The van der Waals surface area contributed by atoms with Crippen LogP contribution in [0.2, 0.25) is 10.0 Å². The van der Waals surface area contributed by atoms with E-state index in [9.17, 15) is 0 Å². The Bertz CT molecular complexity index is 340. The van der Waals surface area contributed by atoms with Crippen LogP contribution in [0.3, 0.4) is 0 Å². The summed E-state index contributed by atoms with van der Waals surface area (Å²) in [6.45, 7) is 5.70. The molecule has 3 N–H and O–H groups in total. The van der Waals surface area contributed by atoms with Crippen LogP contribution in [0, 0.1) is 5.92 Å². The molecule has 1 atom stereocenters. The molecular weight excluding hydrogens is 243 g/mol. The minimum absolute atomic E-state index is 0.328. The van der Waals surface area contributed by atoms with Gasteiger partial charge in [0.15, 0.2) is 0 Å². The summed E-state index contributed by atoms with van der Waals surface area (Å²) in [5.41, 5.74) is 6.80. The Morgan fingerprint density at radius 2 is 1.94 bits per heavy atom. The van der Waals surface area contributed by atoms with Crippen molar-refractivity contribution >= 4 is 23.2 Å². The summed E-state index contributed by atoms with van der Waals surface area (Å²) in [4.78, 5) is 0. The number of nitrogens with two attached hydrogens (primary N) is 1. The number of rotatable bonds is 5. The Morgan fingerprint density at radius 3 is 2.44 bits per heavy atom. The molecule has 0 aliphatic rings. The van der Waals surface area contributed by atoms with Crippen molar-refractivity contribution in [3.05, 3.63) is 33.8 Å². The second-order valence-corrected chi connectivity index (χ2v) is 5.03. The van der Waals surface area contributed by atoms with Gasteiger partial charge in [-0.1, -0.05) is 43.1 Å². The van der Waals surface area contributed by atoms with Crippen molar-refractivity contribution in [1.82, 2.24) is 5.32 Å². The smallest absolute Gasteiger partial charge is 0.0595 e. The fourth-order valence-electron chi connectivity index (χ4n) is 1.49.